The third-order valence-electron chi connectivity index (χ3n) is 1.91. The van der Waals surface area contributed by atoms with E-state index in [1.54, 1.807) is 0 Å². The molecular weight excluding hydrogens is 176 g/mol. The van der Waals surface area contributed by atoms with Gasteiger partial charge in [0.05, 0.1) is 0 Å². The van der Waals surface area contributed by atoms with Gasteiger partial charge in [-0.05, 0) is 18.9 Å². The first-order chi connectivity index (χ1) is 5.68. The second-order valence-corrected chi connectivity index (χ2v) is 7.89. The molecule has 0 heterocycles. The van der Waals surface area contributed by atoms with E-state index in [0.717, 1.165) is 0 Å². The maximum absolute atomic E-state index is 3.70. The van der Waals surface area contributed by atoms with Gasteiger partial charge in [0.1, 0.15) is 0 Å². The molecule has 0 aromatic heterocycles. The van der Waals surface area contributed by atoms with Crippen molar-refractivity contribution in [2.24, 2.45) is 0 Å². The average Bonchev–Trinajstić information content (AvgIpc) is 2.03. The predicted molar refractivity (Wildman–Crippen MR) is 57.1 cm³/mol. The van der Waals surface area contributed by atoms with E-state index < -0.39 is 0 Å². The van der Waals surface area contributed by atoms with Gasteiger partial charge in [-0.2, -0.15) is 0 Å². The van der Waals surface area contributed by atoms with E-state index in [2.05, 4.69) is 47.5 Å². The van der Waals surface area contributed by atoms with Gasteiger partial charge in [0.2, 0.25) is 0 Å². The molecule has 0 amide bonds. The number of benzene rings is 1. The van der Waals surface area contributed by atoms with E-state index in [4.69, 9.17) is 0 Å². The van der Waals surface area contributed by atoms with Crippen molar-refractivity contribution in [3.8, 4) is 0 Å². The van der Waals surface area contributed by atoms with E-state index >= 15 is 0 Å². The molecule has 62 valence electrons. The van der Waals surface area contributed by atoms with Crippen LogP contribution in [0.5, 0.6) is 0 Å². The molecule has 0 nitrogen and oxygen atoms in total. The highest BCUT2D eigenvalue weighted by Gasteiger charge is 1.97. The lowest BCUT2D eigenvalue weighted by Gasteiger charge is -2.03. The SMILES string of the molecule is Cc1ccc(CC[Si](C)[Si])cc1. The first-order valence-electron chi connectivity index (χ1n) is 4.28. The van der Waals surface area contributed by atoms with Crippen LogP contribution in [-0.2, 0) is 6.42 Å². The molecule has 1 rings (SSSR count). The topological polar surface area (TPSA) is 0 Å². The number of hydrogen-bond donors (Lipinski definition) is 0. The van der Waals surface area contributed by atoms with Crippen LogP contribution in [0.4, 0.5) is 0 Å². The summed E-state index contributed by atoms with van der Waals surface area (Å²) < 4.78 is 0. The highest BCUT2D eigenvalue weighted by atomic mass is 29.1. The maximum Gasteiger partial charge on any atom is 0.0274 e. The van der Waals surface area contributed by atoms with Crippen LogP contribution in [0.2, 0.25) is 12.6 Å². The second-order valence-electron chi connectivity index (χ2n) is 3.27. The minimum absolute atomic E-state index is 0.237. The Labute approximate surface area is 79.8 Å². The molecule has 0 aliphatic carbocycles. The van der Waals surface area contributed by atoms with Crippen LogP contribution in [-0.4, -0.2) is 18.1 Å². The summed E-state index contributed by atoms with van der Waals surface area (Å²) in [5.74, 6) is 0. The summed E-state index contributed by atoms with van der Waals surface area (Å²) in [6.45, 7) is 4.42. The zero-order valence-electron chi connectivity index (χ0n) is 7.72. The highest BCUT2D eigenvalue weighted by molar-refractivity contribution is 7.02. The van der Waals surface area contributed by atoms with Gasteiger partial charge in [-0.15, -0.1) is 0 Å². The van der Waals surface area contributed by atoms with Crippen molar-refractivity contribution in [3.63, 3.8) is 0 Å². The Balaban J connectivity index is 2.48. The fourth-order valence-corrected chi connectivity index (χ4v) is 2.13. The molecule has 0 atom stereocenters. The molecule has 4 radical (unpaired) electrons. The molecular formula is C10H14Si2. The minimum atomic E-state index is -0.237. The molecule has 0 saturated carbocycles. The zero-order chi connectivity index (χ0) is 8.97. The number of hydrogen-bond acceptors (Lipinski definition) is 0. The van der Waals surface area contributed by atoms with E-state index in [1.165, 1.54) is 23.6 Å². The van der Waals surface area contributed by atoms with Crippen LogP contribution in [0.3, 0.4) is 0 Å². The van der Waals surface area contributed by atoms with Crippen molar-refractivity contribution in [2.75, 3.05) is 0 Å². The number of rotatable bonds is 3. The quantitative estimate of drug-likeness (QED) is 0.642. The summed E-state index contributed by atoms with van der Waals surface area (Å²) in [6.07, 6.45) is 1.22. The average molecular weight is 190 g/mol. The van der Waals surface area contributed by atoms with Gasteiger partial charge in [0.25, 0.3) is 0 Å². The van der Waals surface area contributed by atoms with Crippen LogP contribution >= 0.6 is 0 Å². The van der Waals surface area contributed by atoms with Crippen LogP contribution in [0.25, 0.3) is 0 Å². The van der Waals surface area contributed by atoms with Gasteiger partial charge in [-0.25, -0.2) is 0 Å². The Kier molecular flexibility index (Phi) is 3.75. The summed E-state index contributed by atoms with van der Waals surface area (Å²) in [6, 6.07) is 10.1. The summed E-state index contributed by atoms with van der Waals surface area (Å²) in [5, 5.41) is 0. The monoisotopic (exact) mass is 190 g/mol. The van der Waals surface area contributed by atoms with Crippen molar-refractivity contribution >= 4 is 18.1 Å². The summed E-state index contributed by atoms with van der Waals surface area (Å²) in [7, 11) is 3.46. The Morgan fingerprint density at radius 2 is 1.83 bits per heavy atom. The Morgan fingerprint density at radius 1 is 1.25 bits per heavy atom. The lowest BCUT2D eigenvalue weighted by Crippen LogP contribution is -2.07. The first-order valence-corrected chi connectivity index (χ1v) is 7.99. The zero-order valence-corrected chi connectivity index (χ0v) is 9.72. The molecule has 0 unspecified atom stereocenters. The molecule has 0 saturated heterocycles. The molecule has 0 N–H and O–H groups in total. The Bertz CT molecular complexity index is 226. The molecule has 0 spiro atoms. The molecule has 12 heavy (non-hydrogen) atoms. The Morgan fingerprint density at radius 3 is 2.33 bits per heavy atom. The van der Waals surface area contributed by atoms with Crippen molar-refractivity contribution in [2.45, 2.75) is 25.9 Å². The molecule has 2 heteroatoms. The summed E-state index contributed by atoms with van der Waals surface area (Å²) in [4.78, 5) is 0. The van der Waals surface area contributed by atoms with Gasteiger partial charge in [-0.1, -0.05) is 42.4 Å². The molecule has 0 aliphatic rings. The minimum Gasteiger partial charge on any atom is -0.0737 e. The van der Waals surface area contributed by atoms with Crippen molar-refractivity contribution < 1.29 is 0 Å². The Hall–Kier alpha value is -0.346. The lowest BCUT2D eigenvalue weighted by molar-refractivity contribution is 1.12. The normalized spacial score (nSPS) is 10.7. The molecule has 1 aromatic rings. The second kappa shape index (κ2) is 4.62. The fraction of sp³-hybridized carbons (Fsp3) is 0.400. The van der Waals surface area contributed by atoms with E-state index in [1.807, 2.05) is 0 Å². The molecule has 0 fully saturated rings. The third kappa shape index (κ3) is 3.37. The number of aryl methyl sites for hydroxylation is 2. The molecule has 0 aliphatic heterocycles. The largest absolute Gasteiger partial charge is 0.0737 e. The standard InChI is InChI=1S/C10H14Si2/c1-9-3-5-10(6-4-9)7-8-12(2)11/h3-6H,7-8H2,1-2H3. The van der Waals surface area contributed by atoms with Gasteiger partial charge >= 0.3 is 0 Å². The van der Waals surface area contributed by atoms with E-state index in [-0.39, 0.29) is 8.31 Å². The first kappa shape index (κ1) is 9.74. The summed E-state index contributed by atoms with van der Waals surface area (Å²) in [5.41, 5.74) is 2.81. The smallest absolute Gasteiger partial charge is 0.0274 e. The lowest BCUT2D eigenvalue weighted by atomic mass is 10.1. The van der Waals surface area contributed by atoms with E-state index in [0.29, 0.717) is 0 Å². The third-order valence-corrected chi connectivity index (χ3v) is 3.66. The molecule has 1 aromatic carbocycles. The van der Waals surface area contributed by atoms with Crippen molar-refractivity contribution in [1.82, 2.24) is 0 Å². The predicted octanol–water partition coefficient (Wildman–Crippen LogP) is 2.33. The van der Waals surface area contributed by atoms with Crippen LogP contribution < -0.4 is 0 Å². The molecule has 0 bridgehead atoms. The van der Waals surface area contributed by atoms with Gasteiger partial charge in [-0.3, -0.25) is 0 Å². The van der Waals surface area contributed by atoms with Crippen LogP contribution in [0.1, 0.15) is 11.1 Å². The summed E-state index contributed by atoms with van der Waals surface area (Å²) >= 11 is 0. The highest BCUT2D eigenvalue weighted by Crippen LogP contribution is 2.06. The van der Waals surface area contributed by atoms with Gasteiger partial charge < -0.3 is 0 Å². The van der Waals surface area contributed by atoms with Crippen molar-refractivity contribution in [1.29, 1.82) is 0 Å². The maximum atomic E-state index is 3.70. The van der Waals surface area contributed by atoms with Crippen molar-refractivity contribution in [3.05, 3.63) is 35.4 Å². The van der Waals surface area contributed by atoms with Crippen LogP contribution in [0, 0.1) is 6.92 Å². The van der Waals surface area contributed by atoms with Gasteiger partial charge in [0, 0.05) is 18.1 Å². The van der Waals surface area contributed by atoms with Crippen LogP contribution in [0.15, 0.2) is 24.3 Å². The van der Waals surface area contributed by atoms with E-state index in [9.17, 15) is 0 Å². The fourth-order valence-electron chi connectivity index (χ4n) is 1.09. The van der Waals surface area contributed by atoms with Gasteiger partial charge in [0.15, 0.2) is 0 Å².